The van der Waals surface area contributed by atoms with E-state index in [9.17, 15) is 18.0 Å². The van der Waals surface area contributed by atoms with Crippen LogP contribution in [0.25, 0.3) is 11.0 Å². The van der Waals surface area contributed by atoms with Gasteiger partial charge in [-0.2, -0.15) is 0 Å². The van der Waals surface area contributed by atoms with E-state index in [1.165, 1.54) is 6.92 Å². The maximum Gasteiger partial charge on any atom is 0.240 e. The number of carbonyl (C=O) groups excluding carboxylic acids is 2. The number of nitrogens with zero attached hydrogens (tertiary/aromatic N) is 1. The second-order valence-electron chi connectivity index (χ2n) is 10.3. The van der Waals surface area contributed by atoms with Crippen LogP contribution in [0.3, 0.4) is 0 Å². The number of fused-ring (bicyclic) bond motifs is 1. The monoisotopic (exact) mass is 559 g/mol. The van der Waals surface area contributed by atoms with E-state index in [0.29, 0.717) is 48.2 Å². The molecular weight excluding hydrogens is 526 g/mol. The zero-order chi connectivity index (χ0) is 28.3. The molecule has 1 aliphatic carbocycles. The summed E-state index contributed by atoms with van der Waals surface area (Å²) in [4.78, 5) is 32.1. The first-order chi connectivity index (χ1) is 19.2. The lowest BCUT2D eigenvalue weighted by Gasteiger charge is -2.29. The van der Waals surface area contributed by atoms with Crippen molar-refractivity contribution in [1.82, 2.24) is 20.0 Å². The van der Waals surface area contributed by atoms with Gasteiger partial charge in [0.05, 0.1) is 22.0 Å². The Morgan fingerprint density at radius 1 is 0.950 bits per heavy atom. The molecule has 3 aromatic carbocycles. The van der Waals surface area contributed by atoms with E-state index < -0.39 is 10.0 Å². The second kappa shape index (κ2) is 11.6. The van der Waals surface area contributed by atoms with Crippen molar-refractivity contribution in [3.8, 4) is 0 Å². The van der Waals surface area contributed by atoms with Crippen LogP contribution in [0.5, 0.6) is 0 Å². The molecule has 5 rings (SSSR count). The normalized spacial score (nSPS) is 18.2. The van der Waals surface area contributed by atoms with Gasteiger partial charge in [-0.15, -0.1) is 0 Å². The molecule has 1 atom stereocenters. The van der Waals surface area contributed by atoms with Crippen LogP contribution in [0.1, 0.15) is 61.5 Å². The van der Waals surface area contributed by atoms with Crippen molar-refractivity contribution in [2.24, 2.45) is 5.92 Å². The fourth-order valence-corrected chi connectivity index (χ4v) is 6.38. The van der Waals surface area contributed by atoms with Crippen LogP contribution in [-0.4, -0.2) is 36.1 Å². The predicted molar refractivity (Wildman–Crippen MR) is 155 cm³/mol. The van der Waals surface area contributed by atoms with Crippen molar-refractivity contribution in [3.63, 3.8) is 0 Å². The molecule has 1 heterocycles. The number of ketones is 1. The van der Waals surface area contributed by atoms with Gasteiger partial charge >= 0.3 is 0 Å². The molecule has 40 heavy (non-hydrogen) atoms. The number of amides is 1. The Kier molecular flexibility index (Phi) is 7.99. The molecular formula is C30H33N5O4S. The van der Waals surface area contributed by atoms with Crippen molar-refractivity contribution in [1.29, 1.82) is 0 Å². The SMILES string of the molecule is CC(=O)c1ccc(Nc2nc3cc(S(=O)(=O)N[C@H]4CC[C@H](C(=O)N[C@H](C)c5ccccc5)CC4)ccc3[nH]2)cc1. The van der Waals surface area contributed by atoms with Crippen LogP contribution in [0.15, 0.2) is 77.7 Å². The van der Waals surface area contributed by atoms with E-state index in [-0.39, 0.29) is 34.6 Å². The lowest BCUT2D eigenvalue weighted by Crippen LogP contribution is -2.41. The van der Waals surface area contributed by atoms with Crippen molar-refractivity contribution >= 4 is 44.4 Å². The van der Waals surface area contributed by atoms with Crippen LogP contribution < -0.4 is 15.4 Å². The largest absolute Gasteiger partial charge is 0.349 e. The highest BCUT2D eigenvalue weighted by Crippen LogP contribution is 2.28. The van der Waals surface area contributed by atoms with Gasteiger partial charge in [0, 0.05) is 23.2 Å². The maximum absolute atomic E-state index is 13.2. The van der Waals surface area contributed by atoms with Crippen molar-refractivity contribution < 1.29 is 18.0 Å². The molecule has 1 saturated carbocycles. The Morgan fingerprint density at radius 3 is 2.33 bits per heavy atom. The zero-order valence-corrected chi connectivity index (χ0v) is 23.3. The Hall–Kier alpha value is -4.02. The first-order valence-corrected chi connectivity index (χ1v) is 14.9. The lowest BCUT2D eigenvalue weighted by atomic mass is 9.85. The number of imidazole rings is 1. The molecule has 0 spiro atoms. The number of hydrogen-bond donors (Lipinski definition) is 4. The molecule has 208 valence electrons. The molecule has 1 amide bonds. The molecule has 0 aliphatic heterocycles. The lowest BCUT2D eigenvalue weighted by molar-refractivity contribution is -0.126. The number of hydrogen-bond acceptors (Lipinski definition) is 6. The van der Waals surface area contributed by atoms with Crippen molar-refractivity contribution in [2.45, 2.75) is 56.5 Å². The number of Topliss-reactive ketones (excluding diaryl/α,β-unsaturated/α-hetero) is 1. The number of anilines is 2. The summed E-state index contributed by atoms with van der Waals surface area (Å²) in [5.74, 6) is 0.341. The van der Waals surface area contributed by atoms with E-state index in [1.54, 1.807) is 42.5 Å². The van der Waals surface area contributed by atoms with Gasteiger partial charge in [0.1, 0.15) is 0 Å². The maximum atomic E-state index is 13.2. The number of aromatic nitrogens is 2. The minimum absolute atomic E-state index is 0.00959. The molecule has 0 unspecified atom stereocenters. The average molecular weight is 560 g/mol. The minimum Gasteiger partial charge on any atom is -0.349 e. The van der Waals surface area contributed by atoms with Crippen LogP contribution >= 0.6 is 0 Å². The number of sulfonamides is 1. The third-order valence-electron chi connectivity index (χ3n) is 7.40. The summed E-state index contributed by atoms with van der Waals surface area (Å²) in [7, 11) is -3.76. The molecule has 0 radical (unpaired) electrons. The van der Waals surface area contributed by atoms with E-state index in [2.05, 4.69) is 25.3 Å². The first-order valence-electron chi connectivity index (χ1n) is 13.4. The molecule has 9 nitrogen and oxygen atoms in total. The predicted octanol–water partition coefficient (Wildman–Crippen LogP) is 5.22. The Labute approximate surface area is 233 Å². The highest BCUT2D eigenvalue weighted by molar-refractivity contribution is 7.89. The van der Waals surface area contributed by atoms with Gasteiger partial charge in [0.15, 0.2) is 5.78 Å². The second-order valence-corrected chi connectivity index (χ2v) is 12.0. The third-order valence-corrected chi connectivity index (χ3v) is 8.92. The van der Waals surface area contributed by atoms with E-state index >= 15 is 0 Å². The van der Waals surface area contributed by atoms with Crippen LogP contribution in [0.4, 0.5) is 11.6 Å². The third kappa shape index (κ3) is 6.40. The van der Waals surface area contributed by atoms with Gasteiger partial charge in [0.25, 0.3) is 0 Å². The average Bonchev–Trinajstić information content (AvgIpc) is 3.35. The summed E-state index contributed by atoms with van der Waals surface area (Å²) >= 11 is 0. The Bertz CT molecular complexity index is 1610. The van der Waals surface area contributed by atoms with E-state index in [1.807, 2.05) is 37.3 Å². The molecule has 0 bridgehead atoms. The summed E-state index contributed by atoms with van der Waals surface area (Å²) in [5, 5.41) is 6.23. The van der Waals surface area contributed by atoms with Gasteiger partial charge in [0.2, 0.25) is 21.9 Å². The first kappa shape index (κ1) is 27.5. The molecule has 1 aromatic heterocycles. The van der Waals surface area contributed by atoms with Gasteiger partial charge < -0.3 is 15.6 Å². The number of H-pyrrole nitrogens is 1. The summed E-state index contributed by atoms with van der Waals surface area (Å²) in [6.45, 7) is 3.48. The number of aromatic amines is 1. The zero-order valence-electron chi connectivity index (χ0n) is 22.5. The molecule has 0 saturated heterocycles. The summed E-state index contributed by atoms with van der Waals surface area (Å²) < 4.78 is 29.2. The fourth-order valence-electron chi connectivity index (χ4n) is 5.05. The quantitative estimate of drug-likeness (QED) is 0.208. The summed E-state index contributed by atoms with van der Waals surface area (Å²) in [6.07, 6.45) is 2.44. The van der Waals surface area contributed by atoms with Crippen molar-refractivity contribution in [3.05, 3.63) is 83.9 Å². The number of carbonyl (C=O) groups is 2. The molecule has 4 aromatic rings. The molecule has 10 heteroatoms. The fraction of sp³-hybridized carbons (Fsp3) is 0.300. The standard InChI is InChI=1S/C30H33N5O4S/c1-19(21-6-4-3-5-7-21)31-29(37)23-10-14-25(15-11-23)35-40(38,39)26-16-17-27-28(18-26)34-30(33-27)32-24-12-8-22(9-13-24)20(2)36/h3-9,12-13,16-19,23,25,35H,10-11,14-15H2,1-2H3,(H,31,37)(H2,32,33,34)/t19-,23-,25-/m1/s1. The van der Waals surface area contributed by atoms with Gasteiger partial charge in [-0.25, -0.2) is 18.1 Å². The smallest absolute Gasteiger partial charge is 0.240 e. The topological polar surface area (TPSA) is 133 Å². The van der Waals surface area contributed by atoms with Crippen molar-refractivity contribution in [2.75, 3.05) is 5.32 Å². The van der Waals surface area contributed by atoms with Gasteiger partial charge in [-0.05, 0) is 87.6 Å². The Balaban J connectivity index is 1.18. The number of rotatable bonds is 9. The highest BCUT2D eigenvalue weighted by Gasteiger charge is 2.30. The summed E-state index contributed by atoms with van der Waals surface area (Å²) in [6, 6.07) is 21.3. The van der Waals surface area contributed by atoms with Gasteiger partial charge in [-0.1, -0.05) is 30.3 Å². The number of benzene rings is 3. The van der Waals surface area contributed by atoms with E-state index in [4.69, 9.17) is 0 Å². The Morgan fingerprint density at radius 2 is 1.65 bits per heavy atom. The summed E-state index contributed by atoms with van der Waals surface area (Å²) in [5.41, 5.74) is 3.62. The molecule has 4 N–H and O–H groups in total. The molecule has 1 aliphatic rings. The van der Waals surface area contributed by atoms with Crippen LogP contribution in [0, 0.1) is 5.92 Å². The van der Waals surface area contributed by atoms with Gasteiger partial charge in [-0.3, -0.25) is 9.59 Å². The number of nitrogens with one attached hydrogen (secondary N) is 4. The van der Waals surface area contributed by atoms with Crippen LogP contribution in [-0.2, 0) is 14.8 Å². The minimum atomic E-state index is -3.76. The van der Waals surface area contributed by atoms with E-state index in [0.717, 1.165) is 11.3 Å². The van der Waals surface area contributed by atoms with Crippen LogP contribution in [0.2, 0.25) is 0 Å². The molecule has 1 fully saturated rings. The highest BCUT2D eigenvalue weighted by atomic mass is 32.2.